The molecule has 162 valence electrons. The van der Waals surface area contributed by atoms with Crippen molar-refractivity contribution in [3.8, 4) is 5.69 Å². The number of hydrogen-bond donors (Lipinski definition) is 1. The van der Waals surface area contributed by atoms with Crippen molar-refractivity contribution >= 4 is 39.3 Å². The molecule has 2 aromatic carbocycles. The number of nitrogens with one attached hydrogen (secondary N) is 1. The first-order valence-corrected chi connectivity index (χ1v) is 11.9. The summed E-state index contributed by atoms with van der Waals surface area (Å²) in [4.78, 5) is 14.8. The van der Waals surface area contributed by atoms with Crippen molar-refractivity contribution in [1.29, 1.82) is 0 Å². The molecule has 0 radical (unpaired) electrons. The van der Waals surface area contributed by atoms with E-state index in [0.717, 1.165) is 53.5 Å². The molecule has 1 amide bonds. The third-order valence-electron chi connectivity index (χ3n) is 4.96. The van der Waals surface area contributed by atoms with Gasteiger partial charge in [0.2, 0.25) is 5.91 Å². The maximum absolute atomic E-state index is 12.5. The molecule has 1 saturated heterocycles. The minimum atomic E-state index is -0.0796. The predicted molar refractivity (Wildman–Crippen MR) is 126 cm³/mol. The van der Waals surface area contributed by atoms with Crippen LogP contribution >= 0.6 is 27.7 Å². The molecule has 0 saturated carbocycles. The summed E-state index contributed by atoms with van der Waals surface area (Å²) in [5, 5.41) is 12.5. The quantitative estimate of drug-likeness (QED) is 0.495. The smallest absolute Gasteiger partial charge is 0.234 e. The number of ether oxygens (including phenoxy) is 1. The number of para-hydroxylation sites is 1. The largest absolute Gasteiger partial charge is 0.379 e. The number of aromatic nitrogens is 3. The fourth-order valence-electron chi connectivity index (χ4n) is 3.34. The van der Waals surface area contributed by atoms with E-state index in [4.69, 9.17) is 4.74 Å². The fraction of sp³-hybridized carbons (Fsp3) is 0.318. The lowest BCUT2D eigenvalue weighted by Crippen LogP contribution is -2.36. The number of carbonyl (C=O) groups excluding carboxylic acids is 1. The highest BCUT2D eigenvalue weighted by Crippen LogP contribution is 2.24. The first-order chi connectivity index (χ1) is 15.1. The number of anilines is 1. The molecule has 2 heterocycles. The summed E-state index contributed by atoms with van der Waals surface area (Å²) < 4.78 is 8.51. The number of amides is 1. The van der Waals surface area contributed by atoms with Crippen LogP contribution in [0, 0.1) is 6.92 Å². The number of nitrogens with zero attached hydrogens (tertiary/aromatic N) is 4. The molecule has 0 unspecified atom stereocenters. The van der Waals surface area contributed by atoms with Crippen LogP contribution in [0.3, 0.4) is 0 Å². The van der Waals surface area contributed by atoms with Crippen LogP contribution in [0.1, 0.15) is 11.4 Å². The van der Waals surface area contributed by atoms with Gasteiger partial charge in [-0.25, -0.2) is 0 Å². The van der Waals surface area contributed by atoms with E-state index in [-0.39, 0.29) is 11.7 Å². The molecule has 0 spiro atoms. The highest BCUT2D eigenvalue weighted by atomic mass is 79.9. The van der Waals surface area contributed by atoms with Gasteiger partial charge in [-0.05, 0) is 42.8 Å². The van der Waals surface area contributed by atoms with Gasteiger partial charge in [0.25, 0.3) is 0 Å². The van der Waals surface area contributed by atoms with Gasteiger partial charge in [-0.3, -0.25) is 14.3 Å². The Morgan fingerprint density at radius 1 is 1.16 bits per heavy atom. The Morgan fingerprint density at radius 3 is 2.68 bits per heavy atom. The number of benzene rings is 2. The van der Waals surface area contributed by atoms with Crippen molar-refractivity contribution < 1.29 is 9.53 Å². The van der Waals surface area contributed by atoms with E-state index in [2.05, 4.69) is 36.3 Å². The molecule has 0 bridgehead atoms. The Kier molecular flexibility index (Phi) is 7.39. The first kappa shape index (κ1) is 22.0. The van der Waals surface area contributed by atoms with Gasteiger partial charge in [0.05, 0.1) is 25.5 Å². The van der Waals surface area contributed by atoms with Gasteiger partial charge >= 0.3 is 0 Å². The van der Waals surface area contributed by atoms with E-state index >= 15 is 0 Å². The summed E-state index contributed by atoms with van der Waals surface area (Å²) in [6, 6.07) is 15.8. The van der Waals surface area contributed by atoms with Crippen LogP contribution in [-0.4, -0.2) is 57.6 Å². The number of morpholine rings is 1. The maximum Gasteiger partial charge on any atom is 0.234 e. The number of rotatable bonds is 7. The number of hydrogen-bond acceptors (Lipinski definition) is 6. The van der Waals surface area contributed by atoms with Gasteiger partial charge in [0.15, 0.2) is 11.0 Å². The van der Waals surface area contributed by atoms with Crippen LogP contribution in [-0.2, 0) is 16.1 Å². The van der Waals surface area contributed by atoms with Crippen LogP contribution in [0.15, 0.2) is 58.2 Å². The number of carbonyl (C=O) groups is 1. The predicted octanol–water partition coefficient (Wildman–Crippen LogP) is 3.90. The standard InChI is InChI=1S/C22H24BrN5O2S/c1-16-13-17(7-8-19(16)23)24-21(29)15-31-22-26-25-20(14-27-9-11-30-12-10-27)28(22)18-5-3-2-4-6-18/h2-8,13H,9-12,14-15H2,1H3,(H,24,29). The SMILES string of the molecule is Cc1cc(NC(=O)CSc2nnc(CN3CCOCC3)n2-c2ccccc2)ccc1Br. The molecular weight excluding hydrogens is 478 g/mol. The zero-order chi connectivity index (χ0) is 21.6. The second-order valence-electron chi connectivity index (χ2n) is 7.26. The van der Waals surface area contributed by atoms with Gasteiger partial charge in [-0.15, -0.1) is 10.2 Å². The van der Waals surface area contributed by atoms with Crippen molar-refractivity contribution in [1.82, 2.24) is 19.7 Å². The third kappa shape index (κ3) is 5.74. The number of thioether (sulfide) groups is 1. The average molecular weight is 502 g/mol. The monoisotopic (exact) mass is 501 g/mol. The van der Waals surface area contributed by atoms with Crippen LogP contribution in [0.5, 0.6) is 0 Å². The molecule has 1 aromatic heterocycles. The lowest BCUT2D eigenvalue weighted by Gasteiger charge is -2.26. The molecule has 9 heteroatoms. The summed E-state index contributed by atoms with van der Waals surface area (Å²) in [7, 11) is 0. The van der Waals surface area contributed by atoms with Crippen molar-refractivity contribution in [2.45, 2.75) is 18.6 Å². The van der Waals surface area contributed by atoms with E-state index in [1.807, 2.05) is 60.0 Å². The summed E-state index contributed by atoms with van der Waals surface area (Å²) in [6.45, 7) is 5.90. The minimum absolute atomic E-state index is 0.0796. The molecule has 1 N–H and O–H groups in total. The van der Waals surface area contributed by atoms with Crippen LogP contribution in [0.25, 0.3) is 5.69 Å². The summed E-state index contributed by atoms with van der Waals surface area (Å²) >= 11 is 4.86. The highest BCUT2D eigenvalue weighted by molar-refractivity contribution is 9.10. The van der Waals surface area contributed by atoms with Crippen molar-refractivity contribution in [2.24, 2.45) is 0 Å². The topological polar surface area (TPSA) is 72.3 Å². The Balaban J connectivity index is 1.48. The van der Waals surface area contributed by atoms with E-state index in [0.29, 0.717) is 11.7 Å². The second-order valence-corrected chi connectivity index (χ2v) is 9.06. The summed E-state index contributed by atoms with van der Waals surface area (Å²) in [5.74, 6) is 1.03. The van der Waals surface area contributed by atoms with Crippen LogP contribution in [0.4, 0.5) is 5.69 Å². The van der Waals surface area contributed by atoms with Gasteiger partial charge in [-0.1, -0.05) is 45.9 Å². The molecule has 31 heavy (non-hydrogen) atoms. The Bertz CT molecular complexity index is 1040. The zero-order valence-electron chi connectivity index (χ0n) is 17.3. The maximum atomic E-state index is 12.5. The lowest BCUT2D eigenvalue weighted by molar-refractivity contribution is -0.113. The summed E-state index contributed by atoms with van der Waals surface area (Å²) in [6.07, 6.45) is 0. The second kappa shape index (κ2) is 10.4. The molecule has 0 atom stereocenters. The van der Waals surface area contributed by atoms with E-state index in [9.17, 15) is 4.79 Å². The molecule has 0 aliphatic carbocycles. The molecule has 3 aromatic rings. The van der Waals surface area contributed by atoms with Gasteiger partial charge < -0.3 is 10.1 Å². The Labute approximate surface area is 194 Å². The highest BCUT2D eigenvalue weighted by Gasteiger charge is 2.19. The fourth-order valence-corrected chi connectivity index (χ4v) is 4.36. The van der Waals surface area contributed by atoms with Gasteiger partial charge in [-0.2, -0.15) is 0 Å². The van der Waals surface area contributed by atoms with E-state index in [1.165, 1.54) is 11.8 Å². The van der Waals surface area contributed by atoms with Gasteiger partial charge in [0, 0.05) is 28.9 Å². The average Bonchev–Trinajstić information content (AvgIpc) is 3.18. The minimum Gasteiger partial charge on any atom is -0.379 e. The number of aryl methyl sites for hydroxylation is 1. The van der Waals surface area contributed by atoms with Crippen molar-refractivity contribution in [3.63, 3.8) is 0 Å². The van der Waals surface area contributed by atoms with E-state index < -0.39 is 0 Å². The van der Waals surface area contributed by atoms with Gasteiger partial charge in [0.1, 0.15) is 0 Å². The Hall–Kier alpha value is -2.20. The molecule has 1 aliphatic rings. The lowest BCUT2D eigenvalue weighted by atomic mass is 10.2. The van der Waals surface area contributed by atoms with Crippen molar-refractivity contribution in [2.75, 3.05) is 37.4 Å². The molecule has 1 fully saturated rings. The summed E-state index contributed by atoms with van der Waals surface area (Å²) in [5.41, 5.74) is 2.84. The zero-order valence-corrected chi connectivity index (χ0v) is 19.7. The molecule has 4 rings (SSSR count). The van der Waals surface area contributed by atoms with Crippen molar-refractivity contribution in [3.05, 3.63) is 64.4 Å². The normalized spacial score (nSPS) is 14.5. The van der Waals surface area contributed by atoms with Crippen LogP contribution in [0.2, 0.25) is 0 Å². The number of halogens is 1. The van der Waals surface area contributed by atoms with Crippen LogP contribution < -0.4 is 5.32 Å². The molecule has 7 nitrogen and oxygen atoms in total. The molecular formula is C22H24BrN5O2S. The third-order valence-corrected chi connectivity index (χ3v) is 6.78. The first-order valence-electron chi connectivity index (χ1n) is 10.1. The molecule has 1 aliphatic heterocycles. The van der Waals surface area contributed by atoms with E-state index in [1.54, 1.807) is 0 Å². The Morgan fingerprint density at radius 2 is 1.94 bits per heavy atom.